The van der Waals surface area contributed by atoms with E-state index in [9.17, 15) is 4.79 Å². The van der Waals surface area contributed by atoms with E-state index in [1.165, 1.54) is 0 Å². The highest BCUT2D eigenvalue weighted by molar-refractivity contribution is 5.80. The van der Waals surface area contributed by atoms with Gasteiger partial charge in [-0.25, -0.2) is 0 Å². The van der Waals surface area contributed by atoms with Crippen LogP contribution in [0, 0.1) is 5.92 Å². The van der Waals surface area contributed by atoms with Crippen LogP contribution in [0.2, 0.25) is 0 Å². The lowest BCUT2D eigenvalue weighted by Gasteiger charge is -2.35. The van der Waals surface area contributed by atoms with Crippen LogP contribution in [0.1, 0.15) is 32.1 Å². The molecule has 4 heteroatoms. The Hall–Kier alpha value is -0.610. The molecule has 1 amide bonds. The molecule has 2 rings (SSSR count). The van der Waals surface area contributed by atoms with Gasteiger partial charge in [0.25, 0.3) is 0 Å². The predicted octanol–water partition coefficient (Wildman–Crippen LogP) is 0.407. The van der Waals surface area contributed by atoms with Crippen molar-refractivity contribution >= 4 is 5.91 Å². The maximum absolute atomic E-state index is 11.8. The number of methoxy groups -OCH3 is 1. The molecule has 2 atom stereocenters. The number of carbonyl (C=O) groups excluding carboxylic acids is 1. The molecule has 4 nitrogen and oxygen atoms in total. The lowest BCUT2D eigenvalue weighted by molar-refractivity contribution is -0.127. The summed E-state index contributed by atoms with van der Waals surface area (Å²) in [5.41, 5.74) is 5.88. The summed E-state index contributed by atoms with van der Waals surface area (Å²) in [4.78, 5) is 11.8. The van der Waals surface area contributed by atoms with E-state index in [1.807, 2.05) is 0 Å². The molecule has 0 aromatic rings. The Balaban J connectivity index is 1.73. The third-order valence-corrected chi connectivity index (χ3v) is 3.68. The molecule has 15 heavy (non-hydrogen) atoms. The zero-order chi connectivity index (χ0) is 10.8. The van der Waals surface area contributed by atoms with Crippen LogP contribution in [-0.2, 0) is 9.53 Å². The topological polar surface area (TPSA) is 64.3 Å². The largest absolute Gasteiger partial charge is 0.381 e. The summed E-state index contributed by atoms with van der Waals surface area (Å²) in [7, 11) is 1.72. The summed E-state index contributed by atoms with van der Waals surface area (Å²) in [6, 6.07) is 0.388. The highest BCUT2D eigenvalue weighted by Gasteiger charge is 2.35. The Morgan fingerprint density at radius 2 is 2.13 bits per heavy atom. The Bertz CT molecular complexity index is 239. The van der Waals surface area contributed by atoms with E-state index in [4.69, 9.17) is 10.5 Å². The molecule has 0 spiro atoms. The molecule has 0 aromatic carbocycles. The average Bonchev–Trinajstić information content (AvgIpc) is 2.56. The lowest BCUT2D eigenvalue weighted by atomic mass is 9.88. The quantitative estimate of drug-likeness (QED) is 0.712. The summed E-state index contributed by atoms with van der Waals surface area (Å²) in [5.74, 6) is 0.200. The molecule has 2 fully saturated rings. The zero-order valence-electron chi connectivity index (χ0n) is 9.24. The third-order valence-electron chi connectivity index (χ3n) is 3.68. The van der Waals surface area contributed by atoms with Gasteiger partial charge in [0, 0.05) is 19.2 Å². The molecular weight excluding hydrogens is 192 g/mol. The van der Waals surface area contributed by atoms with Crippen LogP contribution >= 0.6 is 0 Å². The Morgan fingerprint density at radius 3 is 2.67 bits per heavy atom. The van der Waals surface area contributed by atoms with E-state index in [0.29, 0.717) is 12.1 Å². The first-order chi connectivity index (χ1) is 7.20. The molecule has 0 aromatic heterocycles. The van der Waals surface area contributed by atoms with Crippen molar-refractivity contribution in [3.05, 3.63) is 0 Å². The van der Waals surface area contributed by atoms with Gasteiger partial charge in [-0.3, -0.25) is 4.79 Å². The Morgan fingerprint density at radius 1 is 1.40 bits per heavy atom. The van der Waals surface area contributed by atoms with Crippen molar-refractivity contribution in [2.75, 3.05) is 7.11 Å². The summed E-state index contributed by atoms with van der Waals surface area (Å²) in [6.07, 6.45) is 5.27. The highest BCUT2D eigenvalue weighted by atomic mass is 16.5. The normalized spacial score (nSPS) is 39.9. The summed E-state index contributed by atoms with van der Waals surface area (Å²) >= 11 is 0. The maximum Gasteiger partial charge on any atom is 0.224 e. The van der Waals surface area contributed by atoms with Crippen molar-refractivity contribution in [2.24, 2.45) is 11.7 Å². The van der Waals surface area contributed by atoms with Gasteiger partial charge in [0.2, 0.25) is 5.91 Å². The lowest BCUT2D eigenvalue weighted by Crippen LogP contribution is -2.50. The number of nitrogens with one attached hydrogen (secondary N) is 1. The van der Waals surface area contributed by atoms with Crippen LogP contribution in [-0.4, -0.2) is 31.2 Å². The van der Waals surface area contributed by atoms with E-state index in [1.54, 1.807) is 7.11 Å². The number of nitrogens with two attached hydrogens (primary N) is 1. The molecule has 2 aliphatic rings. The predicted molar refractivity (Wildman–Crippen MR) is 57.3 cm³/mol. The summed E-state index contributed by atoms with van der Waals surface area (Å²) in [5, 5.41) is 3.05. The summed E-state index contributed by atoms with van der Waals surface area (Å²) in [6.45, 7) is 0. The fraction of sp³-hybridized carbons (Fsp3) is 0.909. The highest BCUT2D eigenvalue weighted by Crippen LogP contribution is 2.27. The second-order valence-corrected chi connectivity index (χ2v) is 4.74. The minimum atomic E-state index is 0.0478. The molecule has 0 bridgehead atoms. The number of ether oxygens (including phenoxy) is 1. The van der Waals surface area contributed by atoms with Crippen molar-refractivity contribution in [3.8, 4) is 0 Å². The van der Waals surface area contributed by atoms with Crippen molar-refractivity contribution in [2.45, 2.75) is 50.3 Å². The van der Waals surface area contributed by atoms with Crippen LogP contribution in [0.15, 0.2) is 0 Å². The zero-order valence-corrected chi connectivity index (χ0v) is 9.24. The van der Waals surface area contributed by atoms with Crippen molar-refractivity contribution in [1.29, 1.82) is 0 Å². The van der Waals surface area contributed by atoms with Gasteiger partial charge in [-0.2, -0.15) is 0 Å². The van der Waals surface area contributed by atoms with Gasteiger partial charge in [0.15, 0.2) is 0 Å². The first-order valence-electron chi connectivity index (χ1n) is 5.79. The molecule has 0 radical (unpaired) electrons. The van der Waals surface area contributed by atoms with E-state index in [0.717, 1.165) is 32.1 Å². The van der Waals surface area contributed by atoms with Gasteiger partial charge in [-0.1, -0.05) is 6.42 Å². The van der Waals surface area contributed by atoms with Crippen molar-refractivity contribution in [1.82, 2.24) is 5.32 Å². The fourth-order valence-corrected chi connectivity index (χ4v) is 2.50. The van der Waals surface area contributed by atoms with Crippen LogP contribution in [0.3, 0.4) is 0 Å². The van der Waals surface area contributed by atoms with Crippen molar-refractivity contribution in [3.63, 3.8) is 0 Å². The van der Waals surface area contributed by atoms with Gasteiger partial charge in [0.05, 0.1) is 12.0 Å². The number of rotatable bonds is 3. The van der Waals surface area contributed by atoms with Gasteiger partial charge in [-0.05, 0) is 25.7 Å². The minimum absolute atomic E-state index is 0.0478. The second kappa shape index (κ2) is 4.49. The fourth-order valence-electron chi connectivity index (χ4n) is 2.50. The number of amides is 1. The van der Waals surface area contributed by atoms with Gasteiger partial charge >= 0.3 is 0 Å². The first kappa shape index (κ1) is 10.9. The molecule has 86 valence electrons. The monoisotopic (exact) mass is 212 g/mol. The standard InChI is InChI=1S/C11H20N2O2/c1-15-8-5-7(6-8)13-11(14)9-3-2-4-10(9)12/h7-10H,2-6,12H2,1H3,(H,13,14). The van der Waals surface area contributed by atoms with Crippen molar-refractivity contribution < 1.29 is 9.53 Å². The van der Waals surface area contributed by atoms with E-state index >= 15 is 0 Å². The number of hydrogen-bond donors (Lipinski definition) is 2. The molecule has 2 aliphatic carbocycles. The average molecular weight is 212 g/mol. The van der Waals surface area contributed by atoms with Gasteiger partial charge in [-0.15, -0.1) is 0 Å². The second-order valence-electron chi connectivity index (χ2n) is 4.74. The van der Waals surface area contributed by atoms with Gasteiger partial charge < -0.3 is 15.8 Å². The smallest absolute Gasteiger partial charge is 0.224 e. The number of hydrogen-bond acceptors (Lipinski definition) is 3. The van der Waals surface area contributed by atoms with E-state index < -0.39 is 0 Å². The molecule has 0 saturated heterocycles. The molecule has 0 aliphatic heterocycles. The van der Waals surface area contributed by atoms with E-state index in [-0.39, 0.29) is 17.9 Å². The molecule has 0 heterocycles. The Labute approximate surface area is 90.5 Å². The summed E-state index contributed by atoms with van der Waals surface area (Å²) < 4.78 is 5.17. The molecule has 2 unspecified atom stereocenters. The molecular formula is C11H20N2O2. The van der Waals surface area contributed by atoms with Crippen LogP contribution in [0.25, 0.3) is 0 Å². The van der Waals surface area contributed by atoms with E-state index in [2.05, 4.69) is 5.32 Å². The van der Waals surface area contributed by atoms with Crippen LogP contribution in [0.5, 0.6) is 0 Å². The number of carbonyl (C=O) groups is 1. The van der Waals surface area contributed by atoms with Gasteiger partial charge in [0.1, 0.15) is 0 Å². The maximum atomic E-state index is 11.8. The van der Waals surface area contributed by atoms with Crippen LogP contribution in [0.4, 0.5) is 0 Å². The van der Waals surface area contributed by atoms with Crippen LogP contribution < -0.4 is 11.1 Å². The molecule has 3 N–H and O–H groups in total. The first-order valence-corrected chi connectivity index (χ1v) is 5.79. The third kappa shape index (κ3) is 2.32. The Kier molecular flexibility index (Phi) is 3.26. The SMILES string of the molecule is COC1CC(NC(=O)C2CCCC2N)C1. The molecule has 2 saturated carbocycles. The minimum Gasteiger partial charge on any atom is -0.381 e.